The molecule has 2 aliphatic heterocycles. The van der Waals surface area contributed by atoms with Crippen LogP contribution in [0.3, 0.4) is 0 Å². The molecule has 2 fully saturated rings. The summed E-state index contributed by atoms with van der Waals surface area (Å²) in [5.41, 5.74) is 5.33. The van der Waals surface area contributed by atoms with Crippen molar-refractivity contribution in [1.82, 2.24) is 14.9 Å². The minimum Gasteiger partial charge on any atom is -0.399 e. The van der Waals surface area contributed by atoms with Gasteiger partial charge in [-0.1, -0.05) is 6.42 Å². The lowest BCUT2D eigenvalue weighted by Gasteiger charge is -2.35. The molecule has 28 heavy (non-hydrogen) atoms. The van der Waals surface area contributed by atoms with E-state index in [9.17, 15) is 8.42 Å². The van der Waals surface area contributed by atoms with Gasteiger partial charge < -0.3 is 15.0 Å². The predicted molar refractivity (Wildman–Crippen MR) is 108 cm³/mol. The van der Waals surface area contributed by atoms with E-state index in [1.54, 1.807) is 0 Å². The molecule has 0 bridgehead atoms. The van der Waals surface area contributed by atoms with Gasteiger partial charge in [0.1, 0.15) is 0 Å². The quantitative estimate of drug-likeness (QED) is 0.529. The van der Waals surface area contributed by atoms with Gasteiger partial charge >= 0.3 is 7.12 Å². The van der Waals surface area contributed by atoms with Crippen molar-refractivity contribution < 1.29 is 17.7 Å². The number of nitrogens with two attached hydrogens (primary N) is 1. The summed E-state index contributed by atoms with van der Waals surface area (Å²) in [6, 6.07) is -0.0336. The first-order valence-corrected chi connectivity index (χ1v) is 11.6. The second-order valence-electron chi connectivity index (χ2n) is 8.64. The average Bonchev–Trinajstić information content (AvgIpc) is 2.84. The maximum Gasteiger partial charge on any atom is 0.498 e. The fraction of sp³-hybridized carbons (Fsp3) is 0.778. The predicted octanol–water partition coefficient (Wildman–Crippen LogP) is 0.363. The third-order valence-electron chi connectivity index (χ3n) is 6.03. The molecule has 1 aromatic rings. The lowest BCUT2D eigenvalue weighted by atomic mass is 9.81. The van der Waals surface area contributed by atoms with Crippen molar-refractivity contribution in [2.75, 3.05) is 25.4 Å². The number of hydrogen-bond donors (Lipinski definition) is 1. The van der Waals surface area contributed by atoms with Crippen LogP contribution < -0.4 is 11.2 Å². The Balaban J connectivity index is 1.72. The Labute approximate surface area is 168 Å². The molecule has 2 saturated heterocycles. The zero-order valence-electron chi connectivity index (χ0n) is 17.2. The maximum atomic E-state index is 12.8. The third kappa shape index (κ3) is 4.41. The number of piperidine rings is 1. The van der Waals surface area contributed by atoms with Crippen molar-refractivity contribution in [1.29, 1.82) is 0 Å². The van der Waals surface area contributed by atoms with Crippen LogP contribution in [0.1, 0.15) is 47.0 Å². The lowest BCUT2D eigenvalue weighted by molar-refractivity contribution is 0.00578. The summed E-state index contributed by atoms with van der Waals surface area (Å²) in [5, 5.41) is -0.147. The highest BCUT2D eigenvalue weighted by Crippen LogP contribution is 2.36. The summed E-state index contributed by atoms with van der Waals surface area (Å²) in [7, 11) is -4.19. The highest BCUT2D eigenvalue weighted by molar-refractivity contribution is 7.91. The molecule has 2 N–H and O–H groups in total. The minimum absolute atomic E-state index is 0.0167. The zero-order chi connectivity index (χ0) is 20.6. The molecular formula is C18H31BN4O4S. The molecule has 0 saturated carbocycles. The van der Waals surface area contributed by atoms with Crippen LogP contribution in [0.15, 0.2) is 17.6 Å². The molecular weight excluding hydrogens is 379 g/mol. The zero-order valence-corrected chi connectivity index (χ0v) is 18.0. The molecule has 3 rings (SSSR count). The normalized spacial score (nSPS) is 25.2. The van der Waals surface area contributed by atoms with Gasteiger partial charge in [0.25, 0.3) is 0 Å². The monoisotopic (exact) mass is 410 g/mol. The largest absolute Gasteiger partial charge is 0.498 e. The van der Waals surface area contributed by atoms with Gasteiger partial charge in [0.15, 0.2) is 0 Å². The molecule has 1 aromatic heterocycles. The van der Waals surface area contributed by atoms with E-state index in [1.807, 2.05) is 27.7 Å². The van der Waals surface area contributed by atoms with Gasteiger partial charge in [-0.25, -0.2) is 18.4 Å². The van der Waals surface area contributed by atoms with Gasteiger partial charge in [0, 0.05) is 37.0 Å². The number of sulfone groups is 1. The fourth-order valence-corrected chi connectivity index (χ4v) is 5.08. The summed E-state index contributed by atoms with van der Waals surface area (Å²) in [5.74, 6) is 0.0167. The number of nitrogens with zero attached hydrogens (tertiary/aromatic N) is 3. The van der Waals surface area contributed by atoms with E-state index >= 15 is 0 Å². The molecule has 0 aromatic carbocycles. The van der Waals surface area contributed by atoms with E-state index in [2.05, 4.69) is 14.9 Å². The van der Waals surface area contributed by atoms with Crippen LogP contribution in [0.25, 0.3) is 0 Å². The van der Waals surface area contributed by atoms with Crippen LogP contribution in [-0.2, 0) is 19.1 Å². The number of aromatic nitrogens is 2. The van der Waals surface area contributed by atoms with Crippen molar-refractivity contribution in [2.45, 2.75) is 69.4 Å². The highest BCUT2D eigenvalue weighted by Gasteiger charge is 2.52. The van der Waals surface area contributed by atoms with Crippen molar-refractivity contribution >= 4 is 22.4 Å². The first kappa shape index (κ1) is 21.6. The Morgan fingerprint density at radius 1 is 1.18 bits per heavy atom. The van der Waals surface area contributed by atoms with E-state index in [0.717, 1.165) is 25.8 Å². The van der Waals surface area contributed by atoms with Crippen molar-refractivity contribution in [3.8, 4) is 0 Å². The average molecular weight is 410 g/mol. The van der Waals surface area contributed by atoms with Gasteiger partial charge in [-0.05, 0) is 47.1 Å². The summed E-state index contributed by atoms with van der Waals surface area (Å²) in [6.07, 6.45) is 5.94. The van der Waals surface area contributed by atoms with Crippen molar-refractivity contribution in [3.63, 3.8) is 0 Å². The molecule has 2 aliphatic rings. The second-order valence-corrected chi connectivity index (χ2v) is 10.6. The van der Waals surface area contributed by atoms with Gasteiger partial charge in [-0.3, -0.25) is 4.90 Å². The molecule has 0 unspecified atom stereocenters. The number of likely N-dealkylation sites (tertiary alicyclic amines) is 1. The first-order valence-electron chi connectivity index (χ1n) is 9.90. The Morgan fingerprint density at radius 2 is 1.79 bits per heavy atom. The molecule has 0 spiro atoms. The van der Waals surface area contributed by atoms with Gasteiger partial charge in [-0.15, -0.1) is 0 Å². The summed E-state index contributed by atoms with van der Waals surface area (Å²) < 4.78 is 37.6. The van der Waals surface area contributed by atoms with E-state index < -0.39 is 28.2 Å². The van der Waals surface area contributed by atoms with Crippen molar-refractivity contribution in [2.24, 2.45) is 5.73 Å². The molecule has 156 valence electrons. The van der Waals surface area contributed by atoms with Crippen molar-refractivity contribution in [3.05, 3.63) is 12.4 Å². The molecule has 0 aliphatic carbocycles. The van der Waals surface area contributed by atoms with E-state index in [4.69, 9.17) is 15.0 Å². The molecule has 1 atom stereocenters. The molecule has 0 radical (unpaired) electrons. The fourth-order valence-electron chi connectivity index (χ4n) is 3.62. The molecule has 3 heterocycles. The summed E-state index contributed by atoms with van der Waals surface area (Å²) >= 11 is 0. The summed E-state index contributed by atoms with van der Waals surface area (Å²) in [6.45, 7) is 9.97. The SMILES string of the molecule is CC1(C)OB(c2cnc(S(=O)(=O)C[C@@H]3CCCCN3CCN)nc2)OC1(C)C. The van der Waals surface area contributed by atoms with Crippen LogP contribution in [0.2, 0.25) is 0 Å². The van der Waals surface area contributed by atoms with E-state index in [1.165, 1.54) is 12.4 Å². The summed E-state index contributed by atoms with van der Waals surface area (Å²) in [4.78, 5) is 10.4. The van der Waals surface area contributed by atoms with Crippen LogP contribution in [0.4, 0.5) is 0 Å². The van der Waals surface area contributed by atoms with Gasteiger partial charge in [0.05, 0.1) is 17.0 Å². The van der Waals surface area contributed by atoms with Crippen LogP contribution in [-0.4, -0.2) is 73.0 Å². The van der Waals surface area contributed by atoms with E-state index in [0.29, 0.717) is 18.6 Å². The van der Waals surface area contributed by atoms with Crippen LogP contribution in [0.5, 0.6) is 0 Å². The van der Waals surface area contributed by atoms with Gasteiger partial charge in [-0.2, -0.15) is 0 Å². The Kier molecular flexibility index (Phi) is 6.17. The minimum atomic E-state index is -3.58. The lowest BCUT2D eigenvalue weighted by Crippen LogP contribution is -2.46. The Morgan fingerprint density at radius 3 is 2.36 bits per heavy atom. The number of rotatable bonds is 6. The first-order chi connectivity index (χ1) is 13.1. The Hall–Kier alpha value is -1.07. The van der Waals surface area contributed by atoms with E-state index in [-0.39, 0.29) is 17.0 Å². The van der Waals surface area contributed by atoms with Crippen LogP contribution in [0, 0.1) is 0 Å². The maximum absolute atomic E-state index is 12.8. The molecule has 10 heteroatoms. The standard InChI is InChI=1S/C18H31BN4O4S/c1-17(2)18(3,4)27-19(26-17)14-11-21-16(22-12-14)28(24,25)13-15-7-5-6-9-23(15)10-8-20/h11-12,15H,5-10,13,20H2,1-4H3/t15-/m0/s1. The molecule has 8 nitrogen and oxygen atoms in total. The smallest absolute Gasteiger partial charge is 0.399 e. The van der Waals surface area contributed by atoms with Gasteiger partial charge in [0.2, 0.25) is 15.0 Å². The molecule has 0 amide bonds. The third-order valence-corrected chi connectivity index (χ3v) is 7.62. The topological polar surface area (TPSA) is 108 Å². The Bertz CT molecular complexity index is 767. The second kappa shape index (κ2) is 7.99. The number of hydrogen-bond acceptors (Lipinski definition) is 8. The highest BCUT2D eigenvalue weighted by atomic mass is 32.2. The van der Waals surface area contributed by atoms with Crippen LogP contribution >= 0.6 is 0 Å².